The Morgan fingerprint density at radius 1 is 1.22 bits per heavy atom. The molecule has 0 aliphatic heterocycles. The zero-order valence-electron chi connectivity index (χ0n) is 14.3. The van der Waals surface area contributed by atoms with E-state index in [0.29, 0.717) is 21.8 Å². The Morgan fingerprint density at radius 2 is 2.00 bits per heavy atom. The lowest BCUT2D eigenvalue weighted by Crippen LogP contribution is -2.26. The zero-order valence-corrected chi connectivity index (χ0v) is 16.7. The molecule has 0 aliphatic carbocycles. The highest BCUT2D eigenvalue weighted by Crippen LogP contribution is 2.27. The Kier molecular flexibility index (Phi) is 6.38. The van der Waals surface area contributed by atoms with Gasteiger partial charge in [0, 0.05) is 22.9 Å². The highest BCUT2D eigenvalue weighted by Gasteiger charge is 2.19. The van der Waals surface area contributed by atoms with Gasteiger partial charge in [0.25, 0.3) is 0 Å². The van der Waals surface area contributed by atoms with E-state index in [2.05, 4.69) is 19.9 Å². The summed E-state index contributed by atoms with van der Waals surface area (Å²) in [5.41, 5.74) is 0.936. The summed E-state index contributed by atoms with van der Waals surface area (Å²) in [4.78, 5) is 4.40. The molecule has 0 saturated carbocycles. The van der Waals surface area contributed by atoms with Crippen molar-refractivity contribution in [1.82, 2.24) is 19.9 Å². The molecule has 0 saturated heterocycles. The number of H-pyrrole nitrogens is 1. The number of aromatic nitrogens is 3. The normalized spacial score (nSPS) is 11.5. The first-order valence-corrected chi connectivity index (χ1v) is 10.8. The van der Waals surface area contributed by atoms with E-state index in [1.54, 1.807) is 6.07 Å². The van der Waals surface area contributed by atoms with Gasteiger partial charge in [0.2, 0.25) is 15.2 Å². The van der Waals surface area contributed by atoms with E-state index in [-0.39, 0.29) is 17.2 Å². The van der Waals surface area contributed by atoms with Crippen LogP contribution in [0.1, 0.15) is 0 Å². The van der Waals surface area contributed by atoms with Crippen molar-refractivity contribution in [3.8, 4) is 17.1 Å². The summed E-state index contributed by atoms with van der Waals surface area (Å²) in [6, 6.07) is 14.1. The van der Waals surface area contributed by atoms with E-state index >= 15 is 0 Å². The van der Waals surface area contributed by atoms with E-state index in [4.69, 9.17) is 16.3 Å². The molecule has 0 radical (unpaired) electrons. The molecule has 2 N–H and O–H groups in total. The van der Waals surface area contributed by atoms with Crippen LogP contribution in [-0.2, 0) is 10.0 Å². The average molecular weight is 425 g/mol. The molecular formula is C17H17ClN4O3S2. The Balaban J connectivity index is 1.57. The SMILES string of the molecule is COc1ccc(Cl)cc1S(=O)(=O)NCCSc1n[nH]c(-c2ccccc2)n1. The van der Waals surface area contributed by atoms with Gasteiger partial charge in [-0.15, -0.1) is 5.10 Å². The van der Waals surface area contributed by atoms with E-state index in [9.17, 15) is 8.42 Å². The van der Waals surface area contributed by atoms with Crippen molar-refractivity contribution < 1.29 is 13.2 Å². The topological polar surface area (TPSA) is 97.0 Å². The molecule has 0 aliphatic rings. The largest absolute Gasteiger partial charge is 0.495 e. The first-order valence-electron chi connectivity index (χ1n) is 7.93. The first-order chi connectivity index (χ1) is 13.0. The van der Waals surface area contributed by atoms with E-state index in [0.717, 1.165) is 5.56 Å². The second-order valence-electron chi connectivity index (χ2n) is 5.37. The van der Waals surface area contributed by atoms with Crippen LogP contribution in [0.2, 0.25) is 5.02 Å². The number of halogens is 1. The van der Waals surface area contributed by atoms with E-state index < -0.39 is 10.0 Å². The average Bonchev–Trinajstić information content (AvgIpc) is 3.15. The molecule has 142 valence electrons. The number of hydrogen-bond donors (Lipinski definition) is 2. The minimum atomic E-state index is -3.74. The summed E-state index contributed by atoms with van der Waals surface area (Å²) in [6.45, 7) is 0.206. The van der Waals surface area contributed by atoms with Crippen LogP contribution in [-0.4, -0.2) is 43.0 Å². The van der Waals surface area contributed by atoms with Crippen LogP contribution < -0.4 is 9.46 Å². The number of methoxy groups -OCH3 is 1. The Bertz CT molecular complexity index is 1010. The van der Waals surface area contributed by atoms with Gasteiger partial charge in [-0.3, -0.25) is 5.10 Å². The molecule has 3 rings (SSSR count). The molecule has 7 nitrogen and oxygen atoms in total. The fourth-order valence-corrected chi connectivity index (χ4v) is 4.54. The van der Waals surface area contributed by atoms with Gasteiger partial charge in [0.05, 0.1) is 7.11 Å². The quantitative estimate of drug-likeness (QED) is 0.425. The number of hydrogen-bond acceptors (Lipinski definition) is 6. The standard InChI is InChI=1S/C17H17ClN4O3S2/c1-25-14-8-7-13(18)11-15(14)27(23,24)19-9-10-26-17-20-16(21-22-17)12-5-3-2-4-6-12/h2-8,11,19H,9-10H2,1H3,(H,20,21,22). The number of nitrogens with one attached hydrogen (secondary N) is 2. The van der Waals surface area contributed by atoms with Gasteiger partial charge in [-0.05, 0) is 18.2 Å². The monoisotopic (exact) mass is 424 g/mol. The summed E-state index contributed by atoms with van der Waals surface area (Å²) >= 11 is 7.25. The van der Waals surface area contributed by atoms with Gasteiger partial charge in [0.1, 0.15) is 10.6 Å². The van der Waals surface area contributed by atoms with Crippen molar-refractivity contribution in [2.45, 2.75) is 10.1 Å². The maximum absolute atomic E-state index is 12.5. The van der Waals surface area contributed by atoms with Crippen molar-refractivity contribution >= 4 is 33.4 Å². The molecule has 0 unspecified atom stereocenters. The lowest BCUT2D eigenvalue weighted by atomic mass is 10.2. The Hall–Kier alpha value is -2.07. The molecule has 0 atom stereocenters. The minimum Gasteiger partial charge on any atom is -0.495 e. The number of nitrogens with zero attached hydrogens (tertiary/aromatic N) is 2. The lowest BCUT2D eigenvalue weighted by molar-refractivity contribution is 0.402. The molecule has 2 aromatic carbocycles. The fourth-order valence-electron chi connectivity index (χ4n) is 2.29. The molecule has 0 fully saturated rings. The highest BCUT2D eigenvalue weighted by atomic mass is 35.5. The molecule has 27 heavy (non-hydrogen) atoms. The van der Waals surface area contributed by atoms with Crippen LogP contribution in [0, 0.1) is 0 Å². The summed E-state index contributed by atoms with van der Waals surface area (Å²) < 4.78 is 32.6. The van der Waals surface area contributed by atoms with Crippen molar-refractivity contribution in [3.63, 3.8) is 0 Å². The number of thioether (sulfide) groups is 1. The van der Waals surface area contributed by atoms with Crippen molar-refractivity contribution in [3.05, 3.63) is 53.6 Å². The first kappa shape index (κ1) is 19.7. The van der Waals surface area contributed by atoms with Gasteiger partial charge >= 0.3 is 0 Å². The predicted molar refractivity (Wildman–Crippen MR) is 106 cm³/mol. The van der Waals surface area contributed by atoms with Crippen molar-refractivity contribution in [2.75, 3.05) is 19.4 Å². The third-order valence-electron chi connectivity index (χ3n) is 3.55. The number of rotatable bonds is 8. The van der Waals surface area contributed by atoms with Gasteiger partial charge in [0.15, 0.2) is 5.82 Å². The summed E-state index contributed by atoms with van der Waals surface area (Å²) in [6.07, 6.45) is 0. The lowest BCUT2D eigenvalue weighted by Gasteiger charge is -2.10. The number of sulfonamides is 1. The van der Waals surface area contributed by atoms with Crippen LogP contribution in [0.5, 0.6) is 5.75 Å². The van der Waals surface area contributed by atoms with E-state index in [1.165, 1.54) is 31.0 Å². The van der Waals surface area contributed by atoms with Gasteiger partial charge in [-0.25, -0.2) is 18.1 Å². The molecule has 0 bridgehead atoms. The van der Waals surface area contributed by atoms with Crippen LogP contribution in [0.3, 0.4) is 0 Å². The molecule has 10 heteroatoms. The van der Waals surface area contributed by atoms with Crippen LogP contribution in [0.25, 0.3) is 11.4 Å². The number of ether oxygens (including phenoxy) is 1. The Morgan fingerprint density at radius 3 is 2.74 bits per heavy atom. The van der Waals surface area contributed by atoms with E-state index in [1.807, 2.05) is 30.3 Å². The van der Waals surface area contributed by atoms with Crippen LogP contribution in [0.4, 0.5) is 0 Å². The second kappa shape index (κ2) is 8.75. The van der Waals surface area contributed by atoms with Gasteiger partial charge in [-0.2, -0.15) is 0 Å². The van der Waals surface area contributed by atoms with Gasteiger partial charge < -0.3 is 4.74 Å². The molecule has 0 amide bonds. The maximum atomic E-state index is 12.5. The molecular weight excluding hydrogens is 408 g/mol. The molecule has 0 spiro atoms. The maximum Gasteiger partial charge on any atom is 0.244 e. The van der Waals surface area contributed by atoms with Crippen molar-refractivity contribution in [1.29, 1.82) is 0 Å². The Labute approximate surface area is 166 Å². The smallest absolute Gasteiger partial charge is 0.244 e. The fraction of sp³-hybridized carbons (Fsp3) is 0.176. The number of benzene rings is 2. The zero-order chi connectivity index (χ0) is 19.3. The molecule has 1 heterocycles. The summed E-state index contributed by atoms with van der Waals surface area (Å²) in [5.74, 6) is 1.37. The molecule has 3 aromatic rings. The second-order valence-corrected chi connectivity index (χ2v) is 8.61. The predicted octanol–water partition coefficient (Wildman–Crippen LogP) is 3.20. The van der Waals surface area contributed by atoms with Crippen LogP contribution >= 0.6 is 23.4 Å². The highest BCUT2D eigenvalue weighted by molar-refractivity contribution is 7.99. The molecule has 1 aromatic heterocycles. The third-order valence-corrected chi connectivity index (χ3v) is 6.12. The number of aromatic amines is 1. The van der Waals surface area contributed by atoms with Crippen molar-refractivity contribution in [2.24, 2.45) is 0 Å². The van der Waals surface area contributed by atoms with Gasteiger partial charge in [-0.1, -0.05) is 53.7 Å². The minimum absolute atomic E-state index is 0.00626. The third kappa shape index (κ3) is 5.01. The summed E-state index contributed by atoms with van der Waals surface area (Å²) in [7, 11) is -2.33. The summed E-state index contributed by atoms with van der Waals surface area (Å²) in [5, 5.41) is 7.88. The van der Waals surface area contributed by atoms with Crippen LogP contribution in [0.15, 0.2) is 58.6 Å².